The van der Waals surface area contributed by atoms with Crippen molar-refractivity contribution in [1.29, 1.82) is 0 Å². The van der Waals surface area contributed by atoms with Gasteiger partial charge in [0.05, 0.1) is 22.4 Å². The second-order valence-corrected chi connectivity index (χ2v) is 7.98. The molecule has 0 bridgehead atoms. The van der Waals surface area contributed by atoms with E-state index in [1.807, 2.05) is 31.1 Å². The summed E-state index contributed by atoms with van der Waals surface area (Å²) in [5.41, 5.74) is 0. The molecular weight excluding hydrogens is 403 g/mol. The van der Waals surface area contributed by atoms with Gasteiger partial charge in [-0.25, -0.2) is 0 Å². The number of likely N-dealkylation sites (N-methyl/N-ethyl adjacent to an activating group) is 1. The van der Waals surface area contributed by atoms with Gasteiger partial charge in [-0.05, 0) is 38.4 Å². The van der Waals surface area contributed by atoms with E-state index in [0.717, 1.165) is 10.5 Å². The summed E-state index contributed by atoms with van der Waals surface area (Å²) in [5.74, 6) is 0.527. The lowest BCUT2D eigenvalue weighted by atomic mass is 10.2. The summed E-state index contributed by atoms with van der Waals surface area (Å²) in [6.45, 7) is 0.387. The number of hydrogen-bond donors (Lipinski definition) is 1. The first-order chi connectivity index (χ1) is 11.9. The van der Waals surface area contributed by atoms with Crippen LogP contribution in [0.5, 0.6) is 0 Å². The zero-order chi connectivity index (χ0) is 18.1. The highest BCUT2D eigenvalue weighted by molar-refractivity contribution is 7.21. The molecule has 1 aromatic carbocycles. The molecule has 0 aliphatic rings. The van der Waals surface area contributed by atoms with Crippen LogP contribution in [0.2, 0.25) is 15.1 Å². The average Bonchev–Trinajstić information content (AvgIpc) is 3.15. The Morgan fingerprint density at radius 2 is 2.08 bits per heavy atom. The van der Waals surface area contributed by atoms with Crippen LogP contribution in [0.1, 0.15) is 21.5 Å². The number of hydrogen-bond acceptors (Lipinski definition) is 4. The second-order valence-electron chi connectivity index (χ2n) is 5.71. The summed E-state index contributed by atoms with van der Waals surface area (Å²) < 4.78 is 6.23. The molecule has 1 atom stereocenters. The van der Waals surface area contributed by atoms with Crippen LogP contribution in [-0.4, -0.2) is 31.4 Å². The van der Waals surface area contributed by atoms with Crippen molar-refractivity contribution in [3.8, 4) is 0 Å². The summed E-state index contributed by atoms with van der Waals surface area (Å²) in [7, 11) is 3.85. The molecule has 3 rings (SSSR count). The van der Waals surface area contributed by atoms with E-state index < -0.39 is 0 Å². The van der Waals surface area contributed by atoms with E-state index >= 15 is 0 Å². The number of benzene rings is 1. The van der Waals surface area contributed by atoms with E-state index in [2.05, 4.69) is 5.32 Å². The van der Waals surface area contributed by atoms with Gasteiger partial charge in [-0.3, -0.25) is 9.69 Å². The average molecular weight is 418 g/mol. The molecule has 0 aliphatic heterocycles. The van der Waals surface area contributed by atoms with E-state index in [9.17, 15) is 4.79 Å². The molecule has 0 radical (unpaired) electrons. The number of furan rings is 1. The Morgan fingerprint density at radius 3 is 2.72 bits per heavy atom. The van der Waals surface area contributed by atoms with Crippen LogP contribution in [-0.2, 0) is 0 Å². The third-order valence-corrected chi connectivity index (χ3v) is 5.95. The van der Waals surface area contributed by atoms with E-state index in [1.165, 1.54) is 11.3 Å². The van der Waals surface area contributed by atoms with Gasteiger partial charge in [0.25, 0.3) is 5.91 Å². The topological polar surface area (TPSA) is 45.5 Å². The number of carbonyl (C=O) groups excluding carboxylic acids is 1. The van der Waals surface area contributed by atoms with Crippen molar-refractivity contribution >= 4 is 62.1 Å². The normalized spacial score (nSPS) is 12.7. The highest BCUT2D eigenvalue weighted by Crippen LogP contribution is 2.41. The number of carbonyl (C=O) groups is 1. The minimum absolute atomic E-state index is 0.0786. The number of nitrogens with one attached hydrogen (secondary N) is 1. The molecule has 1 unspecified atom stereocenters. The summed E-state index contributed by atoms with van der Waals surface area (Å²) in [4.78, 5) is 15.0. The van der Waals surface area contributed by atoms with Gasteiger partial charge in [0.2, 0.25) is 0 Å². The first-order valence-electron chi connectivity index (χ1n) is 7.43. The Hall–Kier alpha value is -1.24. The number of amides is 1. The number of thiophene rings is 1. The van der Waals surface area contributed by atoms with Crippen molar-refractivity contribution < 1.29 is 9.21 Å². The SMILES string of the molecule is CN(C)C(CNC(=O)c1sc2cc(Cl)cc(Cl)c2c1Cl)c1ccco1. The van der Waals surface area contributed by atoms with Crippen LogP contribution >= 0.6 is 46.1 Å². The summed E-state index contributed by atoms with van der Waals surface area (Å²) in [6, 6.07) is 6.99. The fourth-order valence-corrected chi connectivity index (χ4v) is 4.84. The van der Waals surface area contributed by atoms with Crippen LogP contribution < -0.4 is 5.32 Å². The molecule has 4 nitrogen and oxygen atoms in total. The van der Waals surface area contributed by atoms with Gasteiger partial charge in [-0.1, -0.05) is 34.8 Å². The van der Waals surface area contributed by atoms with Crippen molar-refractivity contribution in [1.82, 2.24) is 10.2 Å². The minimum atomic E-state index is -0.253. The molecule has 1 amide bonds. The first-order valence-corrected chi connectivity index (χ1v) is 9.38. The number of rotatable bonds is 5. The summed E-state index contributed by atoms with van der Waals surface area (Å²) >= 11 is 19.9. The Morgan fingerprint density at radius 1 is 1.32 bits per heavy atom. The molecule has 0 saturated heterocycles. The van der Waals surface area contributed by atoms with E-state index in [1.54, 1.807) is 18.4 Å². The third-order valence-electron chi connectivity index (χ3n) is 3.81. The maximum Gasteiger partial charge on any atom is 0.263 e. The number of fused-ring (bicyclic) bond motifs is 1. The van der Waals surface area contributed by atoms with Crippen molar-refractivity contribution in [3.63, 3.8) is 0 Å². The predicted molar refractivity (Wildman–Crippen MR) is 104 cm³/mol. The minimum Gasteiger partial charge on any atom is -0.468 e. The Balaban J connectivity index is 1.83. The van der Waals surface area contributed by atoms with Crippen molar-refractivity contribution in [2.75, 3.05) is 20.6 Å². The quantitative estimate of drug-likeness (QED) is 0.597. The molecule has 132 valence electrons. The monoisotopic (exact) mass is 416 g/mol. The molecule has 1 N–H and O–H groups in total. The molecule has 0 spiro atoms. The number of halogens is 3. The van der Waals surface area contributed by atoms with Crippen LogP contribution in [0, 0.1) is 0 Å². The van der Waals surface area contributed by atoms with Gasteiger partial charge in [0, 0.05) is 21.7 Å². The lowest BCUT2D eigenvalue weighted by Crippen LogP contribution is -2.34. The maximum atomic E-state index is 12.6. The zero-order valence-corrected chi connectivity index (χ0v) is 16.6. The Labute approximate surface area is 164 Å². The predicted octanol–water partition coefficient (Wildman–Crippen LogP) is 5.49. The first kappa shape index (κ1) is 18.5. The lowest BCUT2D eigenvalue weighted by molar-refractivity contribution is 0.0943. The van der Waals surface area contributed by atoms with Crippen molar-refractivity contribution in [3.05, 3.63) is 56.2 Å². The van der Waals surface area contributed by atoms with Crippen LogP contribution in [0.3, 0.4) is 0 Å². The molecule has 8 heteroatoms. The smallest absolute Gasteiger partial charge is 0.263 e. The lowest BCUT2D eigenvalue weighted by Gasteiger charge is -2.22. The van der Waals surface area contributed by atoms with Gasteiger partial charge >= 0.3 is 0 Å². The van der Waals surface area contributed by atoms with Gasteiger partial charge in [-0.2, -0.15) is 0 Å². The molecule has 0 aliphatic carbocycles. The second kappa shape index (κ2) is 7.56. The van der Waals surface area contributed by atoms with Gasteiger partial charge in [0.1, 0.15) is 10.6 Å². The van der Waals surface area contributed by atoms with Crippen molar-refractivity contribution in [2.24, 2.45) is 0 Å². The molecule has 3 aromatic rings. The van der Waals surface area contributed by atoms with Crippen LogP contribution in [0.15, 0.2) is 34.9 Å². The molecule has 0 saturated carbocycles. The van der Waals surface area contributed by atoms with Gasteiger partial charge < -0.3 is 9.73 Å². The standard InChI is InChI=1S/C17H15Cl3N2O2S/c1-22(2)11(12-4-3-5-24-12)8-21-17(23)16-15(20)14-10(19)6-9(18)7-13(14)25-16/h3-7,11H,8H2,1-2H3,(H,21,23). The van der Waals surface area contributed by atoms with Crippen molar-refractivity contribution in [2.45, 2.75) is 6.04 Å². The Kier molecular flexibility index (Phi) is 5.61. The molecule has 25 heavy (non-hydrogen) atoms. The summed E-state index contributed by atoms with van der Waals surface area (Å²) in [6.07, 6.45) is 1.61. The zero-order valence-electron chi connectivity index (χ0n) is 13.5. The fourth-order valence-electron chi connectivity index (χ4n) is 2.55. The fraction of sp³-hybridized carbons (Fsp3) is 0.235. The highest BCUT2D eigenvalue weighted by atomic mass is 35.5. The van der Waals surface area contributed by atoms with E-state index in [-0.39, 0.29) is 11.9 Å². The number of nitrogens with zero attached hydrogens (tertiary/aromatic N) is 1. The largest absolute Gasteiger partial charge is 0.468 e. The van der Waals surface area contributed by atoms with Crippen LogP contribution in [0.4, 0.5) is 0 Å². The van der Waals surface area contributed by atoms with E-state index in [0.29, 0.717) is 31.9 Å². The molecular formula is C17H15Cl3N2O2S. The van der Waals surface area contributed by atoms with Gasteiger partial charge in [0.15, 0.2) is 0 Å². The summed E-state index contributed by atoms with van der Waals surface area (Å²) in [5, 5.41) is 4.85. The van der Waals surface area contributed by atoms with E-state index in [4.69, 9.17) is 39.2 Å². The molecule has 0 fully saturated rings. The Bertz CT molecular complexity index is 906. The molecule has 2 aromatic heterocycles. The third kappa shape index (κ3) is 3.81. The van der Waals surface area contributed by atoms with Gasteiger partial charge in [-0.15, -0.1) is 11.3 Å². The van der Waals surface area contributed by atoms with Crippen LogP contribution in [0.25, 0.3) is 10.1 Å². The highest BCUT2D eigenvalue weighted by Gasteiger charge is 2.22. The molecule has 2 heterocycles. The maximum absolute atomic E-state index is 12.6.